The third kappa shape index (κ3) is 14.4. The molecular formula is C29H46F4O8. The Morgan fingerprint density at radius 1 is 0.707 bits per heavy atom. The van der Waals surface area contributed by atoms with Gasteiger partial charge in [-0.05, 0) is 79.1 Å². The van der Waals surface area contributed by atoms with E-state index < -0.39 is 58.8 Å². The molecule has 0 spiro atoms. The normalized spacial score (nSPS) is 21.0. The van der Waals surface area contributed by atoms with E-state index in [1.165, 1.54) is 7.11 Å². The SMILES string of the molecule is CC(C)(C)OC(=O)C[C@H](C(=O)O)C1CCC(F)(F)CC1.COC(=O)[C@@H](CC(=O)OC(C)(C)C)C1CCC(F)(F)CC1. The van der Waals surface area contributed by atoms with Crippen molar-refractivity contribution in [3.63, 3.8) is 0 Å². The molecule has 0 saturated heterocycles. The van der Waals surface area contributed by atoms with Gasteiger partial charge in [0.2, 0.25) is 11.8 Å². The van der Waals surface area contributed by atoms with Crippen molar-refractivity contribution in [1.29, 1.82) is 0 Å². The molecule has 0 aromatic carbocycles. The van der Waals surface area contributed by atoms with Crippen LogP contribution in [0.3, 0.4) is 0 Å². The number of ether oxygens (including phenoxy) is 3. The van der Waals surface area contributed by atoms with Crippen LogP contribution in [0.15, 0.2) is 0 Å². The summed E-state index contributed by atoms with van der Waals surface area (Å²) in [6, 6.07) is 0. The summed E-state index contributed by atoms with van der Waals surface area (Å²) >= 11 is 0. The molecule has 2 aliphatic rings. The Morgan fingerprint density at radius 3 is 1.32 bits per heavy atom. The zero-order valence-corrected chi connectivity index (χ0v) is 25.2. The molecule has 0 bridgehead atoms. The summed E-state index contributed by atoms with van der Waals surface area (Å²) in [5, 5.41) is 9.21. The lowest BCUT2D eigenvalue weighted by Gasteiger charge is -2.32. The molecule has 0 aliphatic heterocycles. The molecule has 8 nitrogen and oxygen atoms in total. The van der Waals surface area contributed by atoms with Crippen molar-refractivity contribution < 1.29 is 56.1 Å². The van der Waals surface area contributed by atoms with Crippen molar-refractivity contribution >= 4 is 23.9 Å². The van der Waals surface area contributed by atoms with Gasteiger partial charge in [0.05, 0.1) is 31.8 Å². The standard InChI is InChI=1S/C15H24F2O4.C14H22F2O4/c1-14(2,3)21-12(18)9-11(13(19)20-4)10-5-7-15(16,17)8-6-10;1-13(2,3)20-11(17)8-10(12(18)19)9-4-6-14(15,16)7-5-9/h10-11H,5-9H2,1-4H3;9-10H,4-8H2,1-3H3,(H,18,19)/t11-;10-/m00/s1. The predicted molar refractivity (Wildman–Crippen MR) is 141 cm³/mol. The second kappa shape index (κ2) is 14.7. The van der Waals surface area contributed by atoms with Crippen LogP contribution in [-0.2, 0) is 33.4 Å². The maximum atomic E-state index is 13.2. The molecule has 0 amide bonds. The molecule has 12 heteroatoms. The Kier molecular flexibility index (Phi) is 13.1. The van der Waals surface area contributed by atoms with Gasteiger partial charge in [-0.3, -0.25) is 19.2 Å². The largest absolute Gasteiger partial charge is 0.481 e. The van der Waals surface area contributed by atoms with Crippen LogP contribution in [0.4, 0.5) is 17.6 Å². The number of aliphatic carboxylic acids is 1. The van der Waals surface area contributed by atoms with Crippen LogP contribution in [0.1, 0.15) is 106 Å². The molecule has 2 rings (SSSR count). The number of rotatable bonds is 8. The quantitative estimate of drug-likeness (QED) is 0.189. The smallest absolute Gasteiger partial charge is 0.309 e. The van der Waals surface area contributed by atoms with E-state index in [-0.39, 0.29) is 76.0 Å². The fourth-order valence-corrected chi connectivity index (χ4v) is 5.10. The van der Waals surface area contributed by atoms with Crippen LogP contribution in [0.2, 0.25) is 0 Å². The first kappa shape index (κ1) is 36.6. The highest BCUT2D eigenvalue weighted by Crippen LogP contribution is 2.41. The number of hydrogen-bond acceptors (Lipinski definition) is 7. The second-order valence-electron chi connectivity index (χ2n) is 13.0. The summed E-state index contributed by atoms with van der Waals surface area (Å²) in [6.45, 7) is 10.3. The Bertz CT molecular complexity index is 887. The molecule has 2 atom stereocenters. The molecule has 41 heavy (non-hydrogen) atoms. The van der Waals surface area contributed by atoms with E-state index in [1.54, 1.807) is 41.5 Å². The van der Waals surface area contributed by atoms with E-state index in [0.29, 0.717) is 0 Å². The summed E-state index contributed by atoms with van der Waals surface area (Å²) < 4.78 is 67.6. The first-order valence-corrected chi connectivity index (χ1v) is 14.0. The van der Waals surface area contributed by atoms with Crippen LogP contribution in [0, 0.1) is 23.7 Å². The monoisotopic (exact) mass is 598 g/mol. The summed E-state index contributed by atoms with van der Waals surface area (Å²) in [5.74, 6) is -10.4. The molecule has 2 saturated carbocycles. The maximum Gasteiger partial charge on any atom is 0.309 e. The summed E-state index contributed by atoms with van der Waals surface area (Å²) in [4.78, 5) is 46.7. The van der Waals surface area contributed by atoms with E-state index in [9.17, 15) is 41.8 Å². The molecule has 238 valence electrons. The minimum Gasteiger partial charge on any atom is -0.481 e. The van der Waals surface area contributed by atoms with Crippen LogP contribution in [0.25, 0.3) is 0 Å². The minimum atomic E-state index is -2.70. The van der Waals surface area contributed by atoms with Crippen molar-refractivity contribution in [2.45, 2.75) is 129 Å². The number of hydrogen-bond donors (Lipinski definition) is 1. The topological polar surface area (TPSA) is 116 Å². The van der Waals surface area contributed by atoms with Gasteiger partial charge in [0.1, 0.15) is 11.2 Å². The van der Waals surface area contributed by atoms with Crippen LogP contribution >= 0.6 is 0 Å². The van der Waals surface area contributed by atoms with Gasteiger partial charge >= 0.3 is 23.9 Å². The van der Waals surface area contributed by atoms with Gasteiger partial charge in [0, 0.05) is 25.7 Å². The number of alkyl halides is 4. The van der Waals surface area contributed by atoms with E-state index in [2.05, 4.69) is 0 Å². The number of esters is 3. The summed E-state index contributed by atoms with van der Waals surface area (Å²) in [5.41, 5.74) is -1.32. The zero-order chi connectivity index (χ0) is 31.8. The van der Waals surface area contributed by atoms with Crippen molar-refractivity contribution in [2.75, 3.05) is 7.11 Å². The highest BCUT2D eigenvalue weighted by Gasteiger charge is 2.42. The van der Waals surface area contributed by atoms with Crippen molar-refractivity contribution in [3.05, 3.63) is 0 Å². The number of carboxylic acid groups (broad SMARTS) is 1. The molecule has 0 unspecified atom stereocenters. The molecule has 0 aromatic heterocycles. The van der Waals surface area contributed by atoms with Gasteiger partial charge in [0.15, 0.2) is 0 Å². The second-order valence-corrected chi connectivity index (χ2v) is 13.0. The third-order valence-electron chi connectivity index (χ3n) is 7.10. The molecule has 2 fully saturated rings. The Balaban J connectivity index is 0.000000410. The Morgan fingerprint density at radius 2 is 1.02 bits per heavy atom. The Hall–Kier alpha value is -2.40. The van der Waals surface area contributed by atoms with E-state index in [0.717, 1.165) is 0 Å². The fourth-order valence-electron chi connectivity index (χ4n) is 5.10. The highest BCUT2D eigenvalue weighted by molar-refractivity contribution is 5.80. The maximum absolute atomic E-state index is 13.2. The van der Waals surface area contributed by atoms with Gasteiger partial charge in [-0.2, -0.15) is 0 Å². The van der Waals surface area contributed by atoms with Gasteiger partial charge in [0.25, 0.3) is 0 Å². The summed E-state index contributed by atoms with van der Waals surface area (Å²) in [6.07, 6.45) is -0.807. The first-order chi connectivity index (χ1) is 18.5. The predicted octanol–water partition coefficient (Wildman–Crippen LogP) is 6.58. The van der Waals surface area contributed by atoms with Crippen molar-refractivity contribution in [3.8, 4) is 0 Å². The van der Waals surface area contributed by atoms with E-state index in [4.69, 9.17) is 14.2 Å². The van der Waals surface area contributed by atoms with Gasteiger partial charge in [-0.15, -0.1) is 0 Å². The zero-order valence-electron chi connectivity index (χ0n) is 25.2. The summed E-state index contributed by atoms with van der Waals surface area (Å²) in [7, 11) is 1.24. The van der Waals surface area contributed by atoms with Crippen LogP contribution in [0.5, 0.6) is 0 Å². The first-order valence-electron chi connectivity index (χ1n) is 14.0. The number of carbonyl (C=O) groups excluding carboxylic acids is 3. The van der Waals surface area contributed by atoms with Crippen molar-refractivity contribution in [2.24, 2.45) is 23.7 Å². The van der Waals surface area contributed by atoms with Crippen LogP contribution in [-0.4, -0.2) is 59.1 Å². The number of carbonyl (C=O) groups is 4. The molecular weight excluding hydrogens is 552 g/mol. The van der Waals surface area contributed by atoms with Gasteiger partial charge in [-0.25, -0.2) is 17.6 Å². The lowest BCUT2D eigenvalue weighted by molar-refractivity contribution is -0.163. The number of halogens is 4. The molecule has 0 heterocycles. The average Bonchev–Trinajstić information content (AvgIpc) is 2.79. The Labute approximate surface area is 239 Å². The molecule has 0 aromatic rings. The van der Waals surface area contributed by atoms with Crippen molar-refractivity contribution in [1.82, 2.24) is 0 Å². The highest BCUT2D eigenvalue weighted by atomic mass is 19.3. The lowest BCUT2D eigenvalue weighted by atomic mass is 9.77. The third-order valence-corrected chi connectivity index (χ3v) is 7.10. The average molecular weight is 599 g/mol. The van der Waals surface area contributed by atoms with Crippen LogP contribution < -0.4 is 0 Å². The number of methoxy groups -OCH3 is 1. The minimum absolute atomic E-state index is 0.125. The molecule has 0 radical (unpaired) electrons. The van der Waals surface area contributed by atoms with E-state index >= 15 is 0 Å². The van der Waals surface area contributed by atoms with Gasteiger partial charge in [-0.1, -0.05) is 0 Å². The molecule has 2 aliphatic carbocycles. The fraction of sp³-hybridized carbons (Fsp3) is 0.862. The lowest BCUT2D eigenvalue weighted by Crippen LogP contribution is -2.35. The molecule has 1 N–H and O–H groups in total. The number of carboxylic acids is 1. The van der Waals surface area contributed by atoms with E-state index in [1.807, 2.05) is 0 Å². The van der Waals surface area contributed by atoms with Gasteiger partial charge < -0.3 is 19.3 Å².